The number of hydrogen-bond donors (Lipinski definition) is 2. The van der Waals surface area contributed by atoms with Gasteiger partial charge in [-0.3, -0.25) is 0 Å². The van der Waals surface area contributed by atoms with Gasteiger partial charge in [-0.25, -0.2) is 9.78 Å². The zero-order valence-electron chi connectivity index (χ0n) is 11.8. The molecule has 2 amide bonds. The summed E-state index contributed by atoms with van der Waals surface area (Å²) in [6, 6.07) is 0.770. The SMILES string of the molecule is CN(CCNC(=O)N[C@@H](c1nccs1)C1CC1)C1CC1. The zero-order valence-corrected chi connectivity index (χ0v) is 12.7. The molecule has 2 aliphatic carbocycles. The first kappa shape index (κ1) is 13.8. The quantitative estimate of drug-likeness (QED) is 0.808. The third-order valence-corrected chi connectivity index (χ3v) is 4.88. The minimum absolute atomic E-state index is 0.0682. The number of thiazole rings is 1. The Morgan fingerprint density at radius 3 is 2.90 bits per heavy atom. The molecule has 6 heteroatoms. The first-order chi connectivity index (χ1) is 9.74. The van der Waals surface area contributed by atoms with Crippen molar-refractivity contribution in [3.63, 3.8) is 0 Å². The van der Waals surface area contributed by atoms with Crippen molar-refractivity contribution in [3.8, 4) is 0 Å². The van der Waals surface area contributed by atoms with Crippen molar-refractivity contribution < 1.29 is 4.79 Å². The molecule has 2 aliphatic rings. The van der Waals surface area contributed by atoms with Crippen molar-refractivity contribution in [1.82, 2.24) is 20.5 Å². The van der Waals surface area contributed by atoms with Gasteiger partial charge in [0.05, 0.1) is 6.04 Å². The maximum Gasteiger partial charge on any atom is 0.315 e. The second-order valence-corrected chi connectivity index (χ2v) is 6.72. The number of urea groups is 1. The van der Waals surface area contributed by atoms with Gasteiger partial charge in [0, 0.05) is 30.7 Å². The minimum atomic E-state index is -0.0682. The summed E-state index contributed by atoms with van der Waals surface area (Å²) < 4.78 is 0. The summed E-state index contributed by atoms with van der Waals surface area (Å²) >= 11 is 1.62. The van der Waals surface area contributed by atoms with E-state index < -0.39 is 0 Å². The monoisotopic (exact) mass is 294 g/mol. The molecule has 1 aromatic rings. The number of nitrogens with zero attached hydrogens (tertiary/aromatic N) is 2. The summed E-state index contributed by atoms with van der Waals surface area (Å²) in [7, 11) is 2.12. The molecule has 5 nitrogen and oxygen atoms in total. The molecule has 0 saturated heterocycles. The molecule has 0 radical (unpaired) electrons. The number of carbonyl (C=O) groups is 1. The number of nitrogens with one attached hydrogen (secondary N) is 2. The van der Waals surface area contributed by atoms with Gasteiger partial charge in [-0.2, -0.15) is 0 Å². The fourth-order valence-corrected chi connectivity index (χ4v) is 3.22. The largest absolute Gasteiger partial charge is 0.337 e. The van der Waals surface area contributed by atoms with E-state index in [1.807, 2.05) is 5.38 Å². The fraction of sp³-hybridized carbons (Fsp3) is 0.714. The van der Waals surface area contributed by atoms with Gasteiger partial charge in [-0.05, 0) is 38.6 Å². The molecular formula is C14H22N4OS. The van der Waals surface area contributed by atoms with Crippen molar-refractivity contribution in [2.75, 3.05) is 20.1 Å². The average Bonchev–Trinajstić information content (AvgIpc) is 3.34. The molecule has 0 aromatic carbocycles. The smallest absolute Gasteiger partial charge is 0.315 e. The van der Waals surface area contributed by atoms with E-state index in [0.717, 1.165) is 17.6 Å². The summed E-state index contributed by atoms with van der Waals surface area (Å²) in [6.07, 6.45) is 6.79. The predicted molar refractivity (Wildman–Crippen MR) is 79.8 cm³/mol. The standard InChI is InChI=1S/C14H22N4OS/c1-18(11-4-5-11)8-6-16-14(19)17-12(10-2-3-10)13-15-7-9-20-13/h7,9-12H,2-6,8H2,1H3,(H2,16,17,19)/t12-/m1/s1. The number of hydrogen-bond acceptors (Lipinski definition) is 4. The van der Waals surface area contributed by atoms with E-state index in [2.05, 4.69) is 27.6 Å². The highest BCUT2D eigenvalue weighted by Crippen LogP contribution is 2.41. The van der Waals surface area contributed by atoms with Crippen LogP contribution in [0, 0.1) is 5.92 Å². The number of amides is 2. The summed E-state index contributed by atoms with van der Waals surface area (Å²) in [5, 5.41) is 9.03. The Labute approximate surface area is 123 Å². The molecule has 20 heavy (non-hydrogen) atoms. The van der Waals surface area contributed by atoms with Gasteiger partial charge in [-0.1, -0.05) is 0 Å². The van der Waals surface area contributed by atoms with E-state index in [1.165, 1.54) is 25.7 Å². The minimum Gasteiger partial charge on any atom is -0.337 e. The lowest BCUT2D eigenvalue weighted by Crippen LogP contribution is -2.42. The van der Waals surface area contributed by atoms with E-state index >= 15 is 0 Å². The number of aromatic nitrogens is 1. The third kappa shape index (κ3) is 3.70. The second-order valence-electron chi connectivity index (χ2n) is 5.80. The second kappa shape index (κ2) is 6.10. The van der Waals surface area contributed by atoms with Crippen LogP contribution >= 0.6 is 11.3 Å². The van der Waals surface area contributed by atoms with E-state index in [1.54, 1.807) is 17.5 Å². The molecule has 0 bridgehead atoms. The Morgan fingerprint density at radius 2 is 2.30 bits per heavy atom. The molecule has 0 spiro atoms. The Bertz CT molecular complexity index is 442. The van der Waals surface area contributed by atoms with Crippen molar-refractivity contribution >= 4 is 17.4 Å². The van der Waals surface area contributed by atoms with Gasteiger partial charge in [0.1, 0.15) is 5.01 Å². The van der Waals surface area contributed by atoms with Crippen LogP contribution in [0.15, 0.2) is 11.6 Å². The Balaban J connectivity index is 1.42. The zero-order chi connectivity index (χ0) is 13.9. The van der Waals surface area contributed by atoms with Gasteiger partial charge in [0.25, 0.3) is 0 Å². The molecule has 2 saturated carbocycles. The molecule has 2 fully saturated rings. The van der Waals surface area contributed by atoms with Crippen LogP contribution in [0.2, 0.25) is 0 Å². The van der Waals surface area contributed by atoms with Gasteiger partial charge < -0.3 is 15.5 Å². The van der Waals surface area contributed by atoms with Crippen molar-refractivity contribution in [2.45, 2.75) is 37.8 Å². The number of likely N-dealkylation sites (N-methyl/N-ethyl adjacent to an activating group) is 1. The van der Waals surface area contributed by atoms with E-state index in [4.69, 9.17) is 0 Å². The average molecular weight is 294 g/mol. The lowest BCUT2D eigenvalue weighted by Gasteiger charge is -2.18. The van der Waals surface area contributed by atoms with Crippen molar-refractivity contribution in [3.05, 3.63) is 16.6 Å². The lowest BCUT2D eigenvalue weighted by atomic mass is 10.2. The van der Waals surface area contributed by atoms with Crippen LogP contribution in [0.4, 0.5) is 4.79 Å². The van der Waals surface area contributed by atoms with Crippen LogP contribution in [0.5, 0.6) is 0 Å². The molecule has 2 N–H and O–H groups in total. The summed E-state index contributed by atoms with van der Waals surface area (Å²) in [5.74, 6) is 0.570. The van der Waals surface area contributed by atoms with Gasteiger partial charge in [0.2, 0.25) is 0 Å². The third-order valence-electron chi connectivity index (χ3n) is 4.02. The van der Waals surface area contributed by atoms with Crippen LogP contribution in [0.3, 0.4) is 0 Å². The van der Waals surface area contributed by atoms with Crippen LogP contribution in [0.1, 0.15) is 36.7 Å². The molecule has 1 heterocycles. The van der Waals surface area contributed by atoms with Crippen molar-refractivity contribution in [1.29, 1.82) is 0 Å². The molecule has 110 valence electrons. The van der Waals surface area contributed by atoms with Crippen LogP contribution in [-0.2, 0) is 0 Å². The van der Waals surface area contributed by atoms with Crippen LogP contribution in [-0.4, -0.2) is 42.1 Å². The fourth-order valence-electron chi connectivity index (χ4n) is 2.43. The van der Waals surface area contributed by atoms with Gasteiger partial charge in [-0.15, -0.1) is 11.3 Å². The van der Waals surface area contributed by atoms with Crippen LogP contribution < -0.4 is 10.6 Å². The molecule has 1 atom stereocenters. The highest BCUT2D eigenvalue weighted by molar-refractivity contribution is 7.09. The van der Waals surface area contributed by atoms with Crippen LogP contribution in [0.25, 0.3) is 0 Å². The van der Waals surface area contributed by atoms with E-state index in [9.17, 15) is 4.79 Å². The first-order valence-corrected chi connectivity index (χ1v) is 8.26. The van der Waals surface area contributed by atoms with Crippen molar-refractivity contribution in [2.24, 2.45) is 5.92 Å². The molecule has 0 aliphatic heterocycles. The summed E-state index contributed by atoms with van der Waals surface area (Å²) in [6.45, 7) is 1.62. The highest BCUT2D eigenvalue weighted by Gasteiger charge is 2.35. The predicted octanol–water partition coefficient (Wildman–Crippen LogP) is 1.99. The van der Waals surface area contributed by atoms with E-state index in [0.29, 0.717) is 12.5 Å². The maximum absolute atomic E-state index is 12.0. The van der Waals surface area contributed by atoms with Gasteiger partial charge in [0.15, 0.2) is 0 Å². The van der Waals surface area contributed by atoms with E-state index in [-0.39, 0.29) is 12.1 Å². The Hall–Kier alpha value is -1.14. The molecule has 3 rings (SSSR count). The Kier molecular flexibility index (Phi) is 4.21. The number of rotatable bonds is 7. The highest BCUT2D eigenvalue weighted by atomic mass is 32.1. The first-order valence-electron chi connectivity index (χ1n) is 7.38. The lowest BCUT2D eigenvalue weighted by molar-refractivity contribution is 0.232. The molecule has 0 unspecified atom stereocenters. The molecule has 1 aromatic heterocycles. The summed E-state index contributed by atoms with van der Waals surface area (Å²) in [5.41, 5.74) is 0. The summed E-state index contributed by atoms with van der Waals surface area (Å²) in [4.78, 5) is 18.6. The Morgan fingerprint density at radius 1 is 1.50 bits per heavy atom. The van der Waals surface area contributed by atoms with Gasteiger partial charge >= 0.3 is 6.03 Å². The topological polar surface area (TPSA) is 57.3 Å². The molecular weight excluding hydrogens is 272 g/mol. The number of carbonyl (C=O) groups excluding carboxylic acids is 1. The normalized spacial score (nSPS) is 19.9. The maximum atomic E-state index is 12.0.